The number of amides is 2. The van der Waals surface area contributed by atoms with Gasteiger partial charge >= 0.3 is 6.03 Å². The van der Waals surface area contributed by atoms with Gasteiger partial charge in [0.15, 0.2) is 5.75 Å². The first-order valence-corrected chi connectivity index (χ1v) is 20.0. The van der Waals surface area contributed by atoms with E-state index in [2.05, 4.69) is 25.7 Å². The molecule has 0 spiro atoms. The zero-order valence-corrected chi connectivity index (χ0v) is 31.6. The lowest BCUT2D eigenvalue weighted by Gasteiger charge is -2.24. The number of anilines is 5. The number of methoxy groups -OCH3 is 2. The van der Waals surface area contributed by atoms with Crippen molar-refractivity contribution in [3.63, 3.8) is 0 Å². The first-order valence-electron chi connectivity index (χ1n) is 16.2. The molecule has 0 radical (unpaired) electrons. The van der Waals surface area contributed by atoms with E-state index in [0.717, 1.165) is 10.9 Å². The Morgan fingerprint density at radius 3 is 2.21 bits per heavy atom. The highest BCUT2D eigenvalue weighted by Crippen LogP contribution is 2.41. The van der Waals surface area contributed by atoms with Crippen LogP contribution in [0.3, 0.4) is 0 Å². The molecule has 0 aliphatic heterocycles. The molecule has 0 saturated heterocycles. The maximum absolute atomic E-state index is 13.5. The van der Waals surface area contributed by atoms with Gasteiger partial charge < -0.3 is 35.1 Å². The van der Waals surface area contributed by atoms with E-state index >= 15 is 0 Å². The minimum Gasteiger partial charge on any atom is -0.496 e. The van der Waals surface area contributed by atoms with Gasteiger partial charge in [-0.2, -0.15) is 0 Å². The van der Waals surface area contributed by atoms with E-state index in [-0.39, 0.29) is 33.7 Å². The maximum atomic E-state index is 13.5. The highest BCUT2D eigenvalue weighted by molar-refractivity contribution is 7.92. The second kappa shape index (κ2) is 15.1. The molecule has 0 fully saturated rings. The summed E-state index contributed by atoms with van der Waals surface area (Å²) < 4.78 is 57.0. The number of hydrogen-bond donors (Lipinski definition) is 5. The molecule has 1 unspecified atom stereocenters. The molecule has 0 bridgehead atoms. The normalized spacial score (nSPS) is 12.8. The van der Waals surface area contributed by atoms with Crippen LogP contribution in [0.15, 0.2) is 85.1 Å². The topological polar surface area (TPSA) is 177 Å². The number of aromatic nitrogens is 1. The molecule has 1 atom stereocenters. The molecule has 5 rings (SSSR count). The van der Waals surface area contributed by atoms with Crippen LogP contribution in [-0.2, 0) is 20.0 Å². The Hall–Kier alpha value is -5.30. The van der Waals surface area contributed by atoms with Crippen molar-refractivity contribution < 1.29 is 36.9 Å². The quantitative estimate of drug-likeness (QED) is 0.0786. The summed E-state index contributed by atoms with van der Waals surface area (Å²) in [6.07, 6.45) is 1.58. The van der Waals surface area contributed by atoms with Gasteiger partial charge in [-0.05, 0) is 60.4 Å². The molecule has 52 heavy (non-hydrogen) atoms. The van der Waals surface area contributed by atoms with Gasteiger partial charge in [-0.3, -0.25) is 9.29 Å². The summed E-state index contributed by atoms with van der Waals surface area (Å²) >= 11 is 0. The second-order valence-corrected chi connectivity index (χ2v) is 17.2. The Morgan fingerprint density at radius 1 is 0.865 bits per heavy atom. The van der Waals surface area contributed by atoms with Crippen molar-refractivity contribution in [3.05, 3.63) is 90.6 Å². The number of rotatable bonds is 12. The summed E-state index contributed by atoms with van der Waals surface area (Å²) in [5.41, 5.74) is 2.03. The SMILES string of the molecule is CCS(=O)(=O)Nc1cc(C(C)(C)C)cc(NC(=O)Nc2ccc(Oc3ccnc(Nc4ccc(P(C)(=O)O)c(OC)c4)c3)c3ccccc23)c1OC. The number of carbonyl (C=O) groups is 1. The molecule has 1 aromatic heterocycles. The molecule has 0 aliphatic carbocycles. The fraction of sp³-hybridized carbons (Fsp3) is 0.243. The van der Waals surface area contributed by atoms with Crippen LogP contribution in [0.4, 0.5) is 33.4 Å². The molecule has 5 N–H and O–H groups in total. The van der Waals surface area contributed by atoms with Crippen LogP contribution in [0.2, 0.25) is 0 Å². The van der Waals surface area contributed by atoms with E-state index < -0.39 is 23.4 Å². The van der Waals surface area contributed by atoms with Gasteiger partial charge in [0.2, 0.25) is 17.4 Å². The van der Waals surface area contributed by atoms with Crippen molar-refractivity contribution in [1.29, 1.82) is 0 Å². The number of nitrogens with zero attached hydrogens (tertiary/aromatic N) is 1. The monoisotopic (exact) mass is 747 g/mol. The predicted octanol–water partition coefficient (Wildman–Crippen LogP) is 8.02. The summed E-state index contributed by atoms with van der Waals surface area (Å²) in [6, 6.07) is 22.0. The molecule has 13 nitrogen and oxygen atoms in total. The van der Waals surface area contributed by atoms with Gasteiger partial charge in [0, 0.05) is 41.5 Å². The van der Waals surface area contributed by atoms with Crippen molar-refractivity contribution in [2.75, 3.05) is 47.3 Å². The Balaban J connectivity index is 1.39. The Labute approximate surface area is 303 Å². The number of nitrogens with one attached hydrogen (secondary N) is 4. The fourth-order valence-corrected chi connectivity index (χ4v) is 6.90. The Bertz CT molecular complexity index is 2290. The predicted molar refractivity (Wildman–Crippen MR) is 207 cm³/mol. The van der Waals surface area contributed by atoms with E-state index in [0.29, 0.717) is 39.8 Å². The largest absolute Gasteiger partial charge is 0.496 e. The molecule has 274 valence electrons. The van der Waals surface area contributed by atoms with Crippen LogP contribution in [-0.4, -0.2) is 51.0 Å². The van der Waals surface area contributed by atoms with Gasteiger partial charge in [-0.1, -0.05) is 45.0 Å². The van der Waals surface area contributed by atoms with Crippen molar-refractivity contribution in [3.8, 4) is 23.0 Å². The fourth-order valence-electron chi connectivity index (χ4n) is 5.35. The Morgan fingerprint density at radius 2 is 1.56 bits per heavy atom. The van der Waals surface area contributed by atoms with Gasteiger partial charge in [0.05, 0.1) is 42.3 Å². The van der Waals surface area contributed by atoms with Crippen molar-refractivity contribution in [2.45, 2.75) is 33.1 Å². The van der Waals surface area contributed by atoms with E-state index in [4.69, 9.17) is 14.2 Å². The number of fused-ring (bicyclic) bond motifs is 1. The summed E-state index contributed by atoms with van der Waals surface area (Å²) in [5.74, 6) is 1.80. The Kier molecular flexibility index (Phi) is 11.0. The van der Waals surface area contributed by atoms with Crippen LogP contribution in [0.1, 0.15) is 33.3 Å². The molecule has 4 aromatic carbocycles. The van der Waals surface area contributed by atoms with Crippen LogP contribution in [0.25, 0.3) is 10.8 Å². The maximum Gasteiger partial charge on any atom is 0.323 e. The molecule has 1 heterocycles. The van der Waals surface area contributed by atoms with Crippen LogP contribution < -0.4 is 40.2 Å². The lowest BCUT2D eigenvalue weighted by Crippen LogP contribution is -2.22. The number of benzene rings is 4. The summed E-state index contributed by atoms with van der Waals surface area (Å²) in [6.45, 7) is 8.74. The first kappa shape index (κ1) is 37.9. The third-order valence-electron chi connectivity index (χ3n) is 8.04. The summed E-state index contributed by atoms with van der Waals surface area (Å²) in [7, 11) is -4.33. The van der Waals surface area contributed by atoms with E-state index in [1.165, 1.54) is 27.8 Å². The summed E-state index contributed by atoms with van der Waals surface area (Å²) in [5, 5.41) is 10.6. The van der Waals surface area contributed by atoms with E-state index in [1.807, 2.05) is 45.0 Å². The standard InChI is InChI=1S/C37H42N5O8PS/c1-8-52(46,47)42-30-20-23(37(2,3)4)19-29(35(30)49-6)41-36(43)40-28-14-15-31(27-12-10-9-11-26(27)28)50-25-17-18-38-34(22-25)39-24-13-16-33(51(7,44)45)32(21-24)48-5/h9-22,42H,8H2,1-7H3,(H,38,39)(H,44,45)(H2,40,41,43). The molecule has 15 heteroatoms. The highest BCUT2D eigenvalue weighted by atomic mass is 32.2. The van der Waals surface area contributed by atoms with Gasteiger partial charge in [-0.25, -0.2) is 18.2 Å². The van der Waals surface area contributed by atoms with Crippen molar-refractivity contribution in [1.82, 2.24) is 4.98 Å². The van der Waals surface area contributed by atoms with Crippen molar-refractivity contribution in [2.24, 2.45) is 0 Å². The number of ether oxygens (including phenoxy) is 3. The first-order chi connectivity index (χ1) is 24.5. The van der Waals surface area contributed by atoms with E-state index in [9.17, 15) is 22.7 Å². The molecule has 5 aromatic rings. The molecule has 2 amide bonds. The summed E-state index contributed by atoms with van der Waals surface area (Å²) in [4.78, 5) is 27.9. The zero-order valence-electron chi connectivity index (χ0n) is 29.9. The zero-order chi connectivity index (χ0) is 37.8. The van der Waals surface area contributed by atoms with Gasteiger partial charge in [0.25, 0.3) is 0 Å². The van der Waals surface area contributed by atoms with Crippen LogP contribution in [0, 0.1) is 0 Å². The molecular weight excluding hydrogens is 705 g/mol. The van der Waals surface area contributed by atoms with Crippen molar-refractivity contribution >= 4 is 68.1 Å². The second-order valence-electron chi connectivity index (χ2n) is 13.0. The van der Waals surface area contributed by atoms with Gasteiger partial charge in [0.1, 0.15) is 23.1 Å². The molecule has 0 aliphatic rings. The lowest BCUT2D eigenvalue weighted by atomic mass is 9.86. The smallest absolute Gasteiger partial charge is 0.323 e. The average molecular weight is 748 g/mol. The highest BCUT2D eigenvalue weighted by Gasteiger charge is 2.24. The van der Waals surface area contributed by atoms with Gasteiger partial charge in [-0.15, -0.1) is 0 Å². The average Bonchev–Trinajstić information content (AvgIpc) is 3.08. The lowest BCUT2D eigenvalue weighted by molar-refractivity contribution is 0.262. The molecular formula is C37H42N5O8PS. The number of sulfonamides is 1. The number of carbonyl (C=O) groups excluding carboxylic acids is 1. The van der Waals surface area contributed by atoms with Crippen LogP contribution >= 0.6 is 7.37 Å². The number of pyridine rings is 1. The minimum absolute atomic E-state index is 0.133. The minimum atomic E-state index is -3.64. The number of urea groups is 1. The van der Waals surface area contributed by atoms with E-state index in [1.54, 1.807) is 60.8 Å². The number of hydrogen-bond acceptors (Lipinski definition) is 9. The third kappa shape index (κ3) is 8.94. The third-order valence-corrected chi connectivity index (χ3v) is 10.6. The molecule has 0 saturated carbocycles. The van der Waals surface area contributed by atoms with Crippen LogP contribution in [0.5, 0.6) is 23.0 Å².